The zero-order valence-corrected chi connectivity index (χ0v) is 13.9. The molecule has 2 rings (SSSR count). The van der Waals surface area contributed by atoms with Crippen LogP contribution in [0.2, 0.25) is 0 Å². The summed E-state index contributed by atoms with van der Waals surface area (Å²) in [5, 5.41) is 3.59. The number of aromatic nitrogens is 2. The topological polar surface area (TPSA) is 29.9 Å². The Hall–Kier alpha value is -1.61. The fourth-order valence-electron chi connectivity index (χ4n) is 2.26. The molecule has 0 fully saturated rings. The van der Waals surface area contributed by atoms with Gasteiger partial charge in [0.15, 0.2) is 0 Å². The molecule has 0 unspecified atom stereocenters. The molecule has 0 radical (unpaired) electrons. The highest BCUT2D eigenvalue weighted by molar-refractivity contribution is 5.35. The van der Waals surface area contributed by atoms with E-state index in [0.717, 1.165) is 18.9 Å². The Kier molecular flexibility index (Phi) is 4.84. The third-order valence-electron chi connectivity index (χ3n) is 4.48. The molecule has 21 heavy (non-hydrogen) atoms. The molecule has 3 heteroatoms. The molecule has 0 amide bonds. The van der Waals surface area contributed by atoms with E-state index < -0.39 is 0 Å². The first-order valence-electron chi connectivity index (χ1n) is 7.71. The Morgan fingerprint density at radius 2 is 1.86 bits per heavy atom. The standard InChI is InChI=1S/C18H27N3/c1-14(2)18(4,5)13-19-11-17-12-20-15(3)21(17)16-9-7-6-8-10-16/h6-10,12,14,19H,11,13H2,1-5H3. The third kappa shape index (κ3) is 3.73. The Morgan fingerprint density at radius 1 is 1.19 bits per heavy atom. The number of nitrogens with one attached hydrogen (secondary N) is 1. The molecule has 0 aliphatic carbocycles. The quantitative estimate of drug-likeness (QED) is 0.871. The van der Waals surface area contributed by atoms with E-state index in [9.17, 15) is 0 Å². The fourth-order valence-corrected chi connectivity index (χ4v) is 2.26. The molecule has 0 saturated carbocycles. The summed E-state index contributed by atoms with van der Waals surface area (Å²) in [6.45, 7) is 13.1. The van der Waals surface area contributed by atoms with Crippen molar-refractivity contribution in [2.45, 2.75) is 41.2 Å². The Bertz CT molecular complexity index is 567. The normalized spacial score (nSPS) is 12.1. The van der Waals surface area contributed by atoms with E-state index in [4.69, 9.17) is 0 Å². The minimum absolute atomic E-state index is 0.298. The molecule has 114 valence electrons. The second-order valence-electron chi connectivity index (χ2n) is 6.71. The molecule has 0 aliphatic heterocycles. The van der Waals surface area contributed by atoms with Crippen LogP contribution in [0.5, 0.6) is 0 Å². The van der Waals surface area contributed by atoms with E-state index >= 15 is 0 Å². The number of nitrogens with zero attached hydrogens (tertiary/aromatic N) is 2. The van der Waals surface area contributed by atoms with Crippen molar-refractivity contribution in [1.29, 1.82) is 0 Å². The molecule has 1 heterocycles. The molecule has 0 bridgehead atoms. The lowest BCUT2D eigenvalue weighted by atomic mass is 9.81. The highest BCUT2D eigenvalue weighted by atomic mass is 15.1. The average molecular weight is 285 g/mol. The maximum atomic E-state index is 4.47. The molecule has 2 aromatic rings. The maximum Gasteiger partial charge on any atom is 0.110 e. The van der Waals surface area contributed by atoms with Gasteiger partial charge >= 0.3 is 0 Å². The average Bonchev–Trinajstić information content (AvgIpc) is 2.80. The number of benzene rings is 1. The van der Waals surface area contributed by atoms with E-state index in [1.807, 2.05) is 12.3 Å². The second kappa shape index (κ2) is 6.44. The Balaban J connectivity index is 2.09. The zero-order chi connectivity index (χ0) is 15.5. The van der Waals surface area contributed by atoms with Gasteiger partial charge in [0, 0.05) is 18.8 Å². The molecular weight excluding hydrogens is 258 g/mol. The molecule has 3 nitrogen and oxygen atoms in total. The summed E-state index contributed by atoms with van der Waals surface area (Å²) in [5.41, 5.74) is 2.68. The van der Waals surface area contributed by atoms with Crippen LogP contribution in [0.25, 0.3) is 5.69 Å². The molecule has 1 aromatic carbocycles. The lowest BCUT2D eigenvalue weighted by molar-refractivity contribution is 0.237. The van der Waals surface area contributed by atoms with Crippen molar-refractivity contribution in [1.82, 2.24) is 14.9 Å². The molecule has 1 N–H and O–H groups in total. The van der Waals surface area contributed by atoms with E-state index in [1.165, 1.54) is 11.4 Å². The molecule has 0 spiro atoms. The van der Waals surface area contributed by atoms with Crippen LogP contribution in [-0.2, 0) is 6.54 Å². The lowest BCUT2D eigenvalue weighted by Crippen LogP contribution is -2.33. The van der Waals surface area contributed by atoms with Crippen molar-refractivity contribution in [3.05, 3.63) is 48.0 Å². The van der Waals surface area contributed by atoms with Crippen LogP contribution in [0.4, 0.5) is 0 Å². The van der Waals surface area contributed by atoms with Crippen molar-refractivity contribution in [3.63, 3.8) is 0 Å². The molecule has 0 aliphatic rings. The van der Waals surface area contributed by atoms with Gasteiger partial charge in [-0.25, -0.2) is 4.98 Å². The third-order valence-corrected chi connectivity index (χ3v) is 4.48. The first-order valence-corrected chi connectivity index (χ1v) is 7.71. The van der Waals surface area contributed by atoms with Crippen LogP contribution in [-0.4, -0.2) is 16.1 Å². The van der Waals surface area contributed by atoms with E-state index in [2.05, 4.69) is 73.8 Å². The zero-order valence-electron chi connectivity index (χ0n) is 13.9. The first-order chi connectivity index (χ1) is 9.92. The van der Waals surface area contributed by atoms with Crippen molar-refractivity contribution >= 4 is 0 Å². The van der Waals surface area contributed by atoms with Gasteiger partial charge in [0.25, 0.3) is 0 Å². The van der Waals surface area contributed by atoms with Gasteiger partial charge in [-0.1, -0.05) is 45.9 Å². The summed E-state index contributed by atoms with van der Waals surface area (Å²) in [5.74, 6) is 1.69. The van der Waals surface area contributed by atoms with Gasteiger partial charge in [-0.3, -0.25) is 4.57 Å². The summed E-state index contributed by atoms with van der Waals surface area (Å²) >= 11 is 0. The van der Waals surface area contributed by atoms with Gasteiger partial charge < -0.3 is 5.32 Å². The van der Waals surface area contributed by atoms with E-state index in [-0.39, 0.29) is 0 Å². The van der Waals surface area contributed by atoms with Gasteiger partial charge in [0.05, 0.1) is 11.9 Å². The van der Waals surface area contributed by atoms with Gasteiger partial charge in [0.1, 0.15) is 5.82 Å². The predicted octanol–water partition coefficient (Wildman–Crippen LogP) is 3.95. The molecule has 0 atom stereocenters. The summed E-state index contributed by atoms with van der Waals surface area (Å²) in [6.07, 6.45) is 1.97. The van der Waals surface area contributed by atoms with Crippen LogP contribution in [0.1, 0.15) is 39.2 Å². The summed E-state index contributed by atoms with van der Waals surface area (Å²) < 4.78 is 2.22. The first kappa shape index (κ1) is 15.8. The maximum absolute atomic E-state index is 4.47. The SMILES string of the molecule is Cc1ncc(CNCC(C)(C)C(C)C)n1-c1ccccc1. The smallest absolute Gasteiger partial charge is 0.110 e. The number of hydrogen-bond donors (Lipinski definition) is 1. The predicted molar refractivity (Wildman–Crippen MR) is 88.6 cm³/mol. The number of para-hydroxylation sites is 1. The fraction of sp³-hybridized carbons (Fsp3) is 0.500. The van der Waals surface area contributed by atoms with Gasteiger partial charge in [0.2, 0.25) is 0 Å². The molecular formula is C18H27N3. The van der Waals surface area contributed by atoms with Crippen molar-refractivity contribution in [2.75, 3.05) is 6.54 Å². The van der Waals surface area contributed by atoms with Gasteiger partial charge in [-0.05, 0) is 30.4 Å². The molecule has 0 saturated heterocycles. The largest absolute Gasteiger partial charge is 0.311 e. The highest BCUT2D eigenvalue weighted by Gasteiger charge is 2.21. The highest BCUT2D eigenvalue weighted by Crippen LogP contribution is 2.25. The number of rotatable bonds is 6. The number of hydrogen-bond acceptors (Lipinski definition) is 2. The van der Waals surface area contributed by atoms with E-state index in [1.54, 1.807) is 0 Å². The Morgan fingerprint density at radius 3 is 2.48 bits per heavy atom. The van der Waals surface area contributed by atoms with Crippen LogP contribution in [0, 0.1) is 18.3 Å². The van der Waals surface area contributed by atoms with Crippen molar-refractivity contribution in [2.24, 2.45) is 11.3 Å². The minimum atomic E-state index is 0.298. The van der Waals surface area contributed by atoms with Crippen LogP contribution >= 0.6 is 0 Å². The van der Waals surface area contributed by atoms with E-state index in [0.29, 0.717) is 11.3 Å². The van der Waals surface area contributed by atoms with Crippen molar-refractivity contribution < 1.29 is 0 Å². The number of imidazole rings is 1. The summed E-state index contributed by atoms with van der Waals surface area (Å²) in [7, 11) is 0. The van der Waals surface area contributed by atoms with Gasteiger partial charge in [-0.15, -0.1) is 0 Å². The Labute approximate surface area is 128 Å². The second-order valence-corrected chi connectivity index (χ2v) is 6.71. The molecule has 1 aromatic heterocycles. The van der Waals surface area contributed by atoms with Crippen LogP contribution < -0.4 is 5.32 Å². The van der Waals surface area contributed by atoms with Crippen LogP contribution in [0.15, 0.2) is 36.5 Å². The lowest BCUT2D eigenvalue weighted by Gasteiger charge is -2.29. The van der Waals surface area contributed by atoms with Gasteiger partial charge in [-0.2, -0.15) is 0 Å². The van der Waals surface area contributed by atoms with Crippen LogP contribution in [0.3, 0.4) is 0 Å². The van der Waals surface area contributed by atoms with Crippen molar-refractivity contribution in [3.8, 4) is 5.69 Å². The minimum Gasteiger partial charge on any atom is -0.311 e. The summed E-state index contributed by atoms with van der Waals surface area (Å²) in [4.78, 5) is 4.47. The monoisotopic (exact) mass is 285 g/mol. The number of aryl methyl sites for hydroxylation is 1. The summed E-state index contributed by atoms with van der Waals surface area (Å²) in [6, 6.07) is 10.4.